The van der Waals surface area contributed by atoms with Gasteiger partial charge in [-0.1, -0.05) is 59.8 Å². The molecule has 2 heteroatoms. The van der Waals surface area contributed by atoms with Gasteiger partial charge in [0, 0.05) is 19.5 Å². The topological polar surface area (TPSA) is 20.3 Å². The highest BCUT2D eigenvalue weighted by atomic mass is 16.2. The zero-order valence-electron chi connectivity index (χ0n) is 13.7. The molecule has 1 aliphatic rings. The Bertz CT molecular complexity index is 203. The zero-order chi connectivity index (χ0) is 14.5. The number of likely N-dealkylation sites (tertiary alicyclic amines) is 1. The molecule has 1 fully saturated rings. The Balaban J connectivity index is 0.000000459. The van der Waals surface area contributed by atoms with Gasteiger partial charge >= 0.3 is 0 Å². The van der Waals surface area contributed by atoms with Gasteiger partial charge in [0.05, 0.1) is 0 Å². The Morgan fingerprint density at radius 1 is 0.947 bits per heavy atom. The van der Waals surface area contributed by atoms with Crippen molar-refractivity contribution in [3.63, 3.8) is 0 Å². The molecule has 1 saturated heterocycles. The Hall–Kier alpha value is -0.530. The normalized spacial score (nSPS) is 15.9. The number of unbranched alkanes of at least 4 members (excludes halogenated alkanes) is 4. The molecular weight excluding hydrogens is 234 g/mol. The second-order valence-corrected chi connectivity index (χ2v) is 5.87. The van der Waals surface area contributed by atoms with E-state index in [0.29, 0.717) is 5.91 Å². The largest absolute Gasteiger partial charge is 0.343 e. The average Bonchev–Trinajstić information content (AvgIpc) is 2.44. The predicted octanol–water partition coefficient (Wildman–Crippen LogP) is 5.02. The van der Waals surface area contributed by atoms with E-state index in [9.17, 15) is 4.79 Å². The Morgan fingerprint density at radius 2 is 1.42 bits per heavy atom. The van der Waals surface area contributed by atoms with E-state index in [1.807, 2.05) is 4.90 Å². The van der Waals surface area contributed by atoms with E-state index in [-0.39, 0.29) is 0 Å². The SMILES string of the molecule is CCCCC(=O)N1CCC(C)CC1.CCCCCC. The maximum absolute atomic E-state index is 11.6. The third-order valence-corrected chi connectivity index (χ3v) is 3.84. The van der Waals surface area contributed by atoms with Gasteiger partial charge in [-0.2, -0.15) is 0 Å². The first-order chi connectivity index (χ1) is 9.15. The van der Waals surface area contributed by atoms with Gasteiger partial charge in [-0.3, -0.25) is 4.79 Å². The van der Waals surface area contributed by atoms with Crippen molar-refractivity contribution in [3.8, 4) is 0 Å². The first-order valence-electron chi connectivity index (χ1n) is 8.43. The third kappa shape index (κ3) is 9.98. The fourth-order valence-corrected chi connectivity index (χ4v) is 2.24. The van der Waals surface area contributed by atoms with E-state index < -0.39 is 0 Å². The van der Waals surface area contributed by atoms with Crippen LogP contribution in [0.5, 0.6) is 0 Å². The number of carbonyl (C=O) groups excluding carboxylic acids is 1. The van der Waals surface area contributed by atoms with Gasteiger partial charge in [0.2, 0.25) is 5.91 Å². The summed E-state index contributed by atoms with van der Waals surface area (Å²) in [7, 11) is 0. The summed E-state index contributed by atoms with van der Waals surface area (Å²) in [6.45, 7) is 10.8. The minimum absolute atomic E-state index is 0.369. The molecule has 1 amide bonds. The summed E-state index contributed by atoms with van der Waals surface area (Å²) in [6, 6.07) is 0. The molecule has 2 nitrogen and oxygen atoms in total. The van der Waals surface area contributed by atoms with Crippen LogP contribution >= 0.6 is 0 Å². The number of piperidine rings is 1. The second kappa shape index (κ2) is 12.5. The number of nitrogens with zero attached hydrogens (tertiary/aromatic N) is 1. The van der Waals surface area contributed by atoms with Crippen LogP contribution in [0.25, 0.3) is 0 Å². The molecule has 0 aliphatic carbocycles. The van der Waals surface area contributed by atoms with Gasteiger partial charge in [0.25, 0.3) is 0 Å². The van der Waals surface area contributed by atoms with Crippen LogP contribution in [0.2, 0.25) is 0 Å². The lowest BCUT2D eigenvalue weighted by atomic mass is 9.99. The van der Waals surface area contributed by atoms with E-state index in [1.165, 1.54) is 38.5 Å². The molecule has 0 bridgehead atoms. The van der Waals surface area contributed by atoms with Crippen molar-refractivity contribution in [2.75, 3.05) is 13.1 Å². The van der Waals surface area contributed by atoms with E-state index in [2.05, 4.69) is 27.7 Å². The van der Waals surface area contributed by atoms with Crippen molar-refractivity contribution in [2.45, 2.75) is 85.5 Å². The smallest absolute Gasteiger partial charge is 0.222 e. The van der Waals surface area contributed by atoms with Crippen LogP contribution in [0.15, 0.2) is 0 Å². The molecular formula is C17H35NO. The molecule has 114 valence electrons. The summed E-state index contributed by atoms with van der Waals surface area (Å²) in [5.41, 5.74) is 0. The van der Waals surface area contributed by atoms with Gasteiger partial charge in [0.1, 0.15) is 0 Å². The lowest BCUT2D eigenvalue weighted by Gasteiger charge is -2.30. The first kappa shape index (κ1) is 18.5. The van der Waals surface area contributed by atoms with E-state index in [0.717, 1.165) is 38.3 Å². The highest BCUT2D eigenvalue weighted by Gasteiger charge is 2.19. The lowest BCUT2D eigenvalue weighted by molar-refractivity contribution is -0.132. The van der Waals surface area contributed by atoms with Crippen LogP contribution in [0.4, 0.5) is 0 Å². The molecule has 1 rings (SSSR count). The molecule has 1 heterocycles. The molecule has 0 aromatic rings. The van der Waals surface area contributed by atoms with Crippen molar-refractivity contribution >= 4 is 5.91 Å². The highest BCUT2D eigenvalue weighted by Crippen LogP contribution is 2.16. The summed E-state index contributed by atoms with van der Waals surface area (Å²) in [4.78, 5) is 13.6. The summed E-state index contributed by atoms with van der Waals surface area (Å²) in [5.74, 6) is 1.18. The predicted molar refractivity (Wildman–Crippen MR) is 84.3 cm³/mol. The number of amides is 1. The van der Waals surface area contributed by atoms with Crippen LogP contribution in [-0.4, -0.2) is 23.9 Å². The van der Waals surface area contributed by atoms with Crippen molar-refractivity contribution in [1.29, 1.82) is 0 Å². The summed E-state index contributed by atoms with van der Waals surface area (Å²) in [6.07, 6.45) is 10.8. The number of hydrogen-bond acceptors (Lipinski definition) is 1. The average molecular weight is 269 g/mol. The molecule has 0 atom stereocenters. The van der Waals surface area contributed by atoms with Crippen molar-refractivity contribution in [1.82, 2.24) is 4.90 Å². The Morgan fingerprint density at radius 3 is 1.84 bits per heavy atom. The van der Waals surface area contributed by atoms with Crippen molar-refractivity contribution in [3.05, 3.63) is 0 Å². The van der Waals surface area contributed by atoms with Crippen LogP contribution in [0, 0.1) is 5.92 Å². The molecule has 0 saturated carbocycles. The van der Waals surface area contributed by atoms with Crippen LogP contribution in [-0.2, 0) is 4.79 Å². The molecule has 0 unspecified atom stereocenters. The summed E-state index contributed by atoms with van der Waals surface area (Å²) >= 11 is 0. The first-order valence-corrected chi connectivity index (χ1v) is 8.43. The minimum atomic E-state index is 0.369. The number of hydrogen-bond donors (Lipinski definition) is 0. The maximum atomic E-state index is 11.6. The quantitative estimate of drug-likeness (QED) is 0.620. The second-order valence-electron chi connectivity index (χ2n) is 5.87. The van der Waals surface area contributed by atoms with E-state index in [1.54, 1.807) is 0 Å². The van der Waals surface area contributed by atoms with Gasteiger partial charge in [-0.15, -0.1) is 0 Å². The summed E-state index contributed by atoms with van der Waals surface area (Å²) < 4.78 is 0. The zero-order valence-corrected chi connectivity index (χ0v) is 13.7. The molecule has 0 aromatic heterocycles. The van der Waals surface area contributed by atoms with Crippen LogP contribution in [0.1, 0.15) is 85.5 Å². The molecule has 0 aromatic carbocycles. The lowest BCUT2D eigenvalue weighted by Crippen LogP contribution is -2.37. The minimum Gasteiger partial charge on any atom is -0.343 e. The van der Waals surface area contributed by atoms with Crippen molar-refractivity contribution in [2.24, 2.45) is 5.92 Å². The van der Waals surface area contributed by atoms with Crippen molar-refractivity contribution < 1.29 is 4.79 Å². The number of carbonyl (C=O) groups is 1. The fraction of sp³-hybridized carbons (Fsp3) is 0.941. The number of rotatable bonds is 6. The Kier molecular flexibility index (Phi) is 12.2. The third-order valence-electron chi connectivity index (χ3n) is 3.84. The summed E-state index contributed by atoms with van der Waals surface area (Å²) in [5, 5.41) is 0. The van der Waals surface area contributed by atoms with Gasteiger partial charge in [-0.05, 0) is 25.2 Å². The van der Waals surface area contributed by atoms with Crippen LogP contribution in [0.3, 0.4) is 0 Å². The monoisotopic (exact) mass is 269 g/mol. The highest BCUT2D eigenvalue weighted by molar-refractivity contribution is 5.76. The molecule has 0 spiro atoms. The Labute approximate surface area is 120 Å². The van der Waals surface area contributed by atoms with Gasteiger partial charge in [0.15, 0.2) is 0 Å². The molecule has 1 aliphatic heterocycles. The standard InChI is InChI=1S/C11H21NO.C6H14/c1-3-4-5-11(13)12-8-6-10(2)7-9-12;1-3-5-6-4-2/h10H,3-9H2,1-2H3;3-6H2,1-2H3. The molecule has 0 N–H and O–H groups in total. The van der Waals surface area contributed by atoms with E-state index >= 15 is 0 Å². The molecule has 19 heavy (non-hydrogen) atoms. The molecule has 0 radical (unpaired) electrons. The fourth-order valence-electron chi connectivity index (χ4n) is 2.24. The van der Waals surface area contributed by atoms with Gasteiger partial charge in [-0.25, -0.2) is 0 Å². The van der Waals surface area contributed by atoms with Gasteiger partial charge < -0.3 is 4.90 Å². The van der Waals surface area contributed by atoms with Crippen LogP contribution < -0.4 is 0 Å². The van der Waals surface area contributed by atoms with E-state index in [4.69, 9.17) is 0 Å². The maximum Gasteiger partial charge on any atom is 0.222 e.